The highest BCUT2D eigenvalue weighted by Crippen LogP contribution is 2.58. The molecule has 4 fully saturated rings. The monoisotopic (exact) mass is 219 g/mol. The van der Waals surface area contributed by atoms with Crippen LogP contribution in [0.25, 0.3) is 0 Å². The Kier molecular flexibility index (Phi) is 1.92. The molecular formula is C14H21NO. The van der Waals surface area contributed by atoms with E-state index in [4.69, 9.17) is 0 Å². The average molecular weight is 219 g/mol. The first-order valence-electron chi connectivity index (χ1n) is 7.13. The Morgan fingerprint density at radius 2 is 1.75 bits per heavy atom. The van der Waals surface area contributed by atoms with E-state index < -0.39 is 0 Å². The van der Waals surface area contributed by atoms with E-state index in [1.54, 1.807) is 0 Å². The highest BCUT2D eigenvalue weighted by Gasteiger charge is 2.54. The van der Waals surface area contributed by atoms with E-state index in [1.165, 1.54) is 32.1 Å². The molecule has 1 amide bonds. The molecule has 2 heteroatoms. The zero-order chi connectivity index (χ0) is 10.7. The molecule has 2 nitrogen and oxygen atoms in total. The lowest BCUT2D eigenvalue weighted by atomic mass is 9.79. The van der Waals surface area contributed by atoms with E-state index in [0.717, 1.165) is 36.5 Å². The zero-order valence-electron chi connectivity index (χ0n) is 9.82. The molecular weight excluding hydrogens is 198 g/mol. The molecule has 16 heavy (non-hydrogen) atoms. The average Bonchev–Trinajstić information content (AvgIpc) is 2.73. The van der Waals surface area contributed by atoms with Crippen molar-refractivity contribution in [2.45, 2.75) is 51.0 Å². The van der Waals surface area contributed by atoms with Crippen molar-refractivity contribution >= 4 is 5.91 Å². The van der Waals surface area contributed by atoms with Crippen molar-refractivity contribution in [2.24, 2.45) is 29.6 Å². The molecule has 4 saturated carbocycles. The Labute approximate surface area is 97.2 Å². The summed E-state index contributed by atoms with van der Waals surface area (Å²) in [4.78, 5) is 11.8. The molecule has 4 rings (SSSR count). The standard InChI is InChI=1S/C14H21NO/c16-14(8-4-5-8)15-13-7-9-6-12(13)11-3-1-2-10(9)11/h8-13H,1-7H2,(H,15,16)/t9-,10-,11-,12-,13+/m0/s1. The fourth-order valence-electron chi connectivity index (χ4n) is 4.88. The van der Waals surface area contributed by atoms with Crippen LogP contribution in [-0.2, 0) is 4.79 Å². The van der Waals surface area contributed by atoms with Crippen LogP contribution >= 0.6 is 0 Å². The Hall–Kier alpha value is -0.530. The second-order valence-corrected chi connectivity index (χ2v) is 6.54. The van der Waals surface area contributed by atoms with Gasteiger partial charge in [-0.3, -0.25) is 4.79 Å². The van der Waals surface area contributed by atoms with Gasteiger partial charge in [0, 0.05) is 12.0 Å². The third kappa shape index (κ3) is 1.28. The fourth-order valence-corrected chi connectivity index (χ4v) is 4.88. The van der Waals surface area contributed by atoms with Crippen molar-refractivity contribution in [3.05, 3.63) is 0 Å². The predicted molar refractivity (Wildman–Crippen MR) is 61.7 cm³/mol. The summed E-state index contributed by atoms with van der Waals surface area (Å²) in [6.07, 6.45) is 9.37. The zero-order valence-corrected chi connectivity index (χ0v) is 9.82. The molecule has 5 atom stereocenters. The van der Waals surface area contributed by atoms with Crippen LogP contribution in [-0.4, -0.2) is 11.9 Å². The van der Waals surface area contributed by atoms with Crippen LogP contribution in [0, 0.1) is 29.6 Å². The van der Waals surface area contributed by atoms with Crippen LogP contribution in [0.2, 0.25) is 0 Å². The summed E-state index contributed by atoms with van der Waals surface area (Å²) in [5.41, 5.74) is 0. The number of hydrogen-bond donors (Lipinski definition) is 1. The lowest BCUT2D eigenvalue weighted by Crippen LogP contribution is -2.43. The lowest BCUT2D eigenvalue weighted by Gasteiger charge is -2.32. The van der Waals surface area contributed by atoms with Gasteiger partial charge in [-0.2, -0.15) is 0 Å². The van der Waals surface area contributed by atoms with Crippen LogP contribution in [0.1, 0.15) is 44.9 Å². The molecule has 0 spiro atoms. The molecule has 0 radical (unpaired) electrons. The smallest absolute Gasteiger partial charge is 0.223 e. The first-order chi connectivity index (χ1) is 7.83. The normalized spacial score (nSPS) is 49.4. The maximum absolute atomic E-state index is 11.8. The molecule has 2 bridgehead atoms. The predicted octanol–water partition coefficient (Wildman–Crippen LogP) is 2.34. The molecule has 0 aromatic rings. The highest BCUT2D eigenvalue weighted by molar-refractivity contribution is 5.81. The lowest BCUT2D eigenvalue weighted by molar-refractivity contribution is -0.123. The summed E-state index contributed by atoms with van der Waals surface area (Å²) < 4.78 is 0. The number of amides is 1. The van der Waals surface area contributed by atoms with Gasteiger partial charge in [0.2, 0.25) is 5.91 Å². The van der Waals surface area contributed by atoms with Gasteiger partial charge in [0.05, 0.1) is 0 Å². The van der Waals surface area contributed by atoms with Gasteiger partial charge >= 0.3 is 0 Å². The Balaban J connectivity index is 1.45. The van der Waals surface area contributed by atoms with E-state index in [-0.39, 0.29) is 0 Å². The maximum Gasteiger partial charge on any atom is 0.223 e. The van der Waals surface area contributed by atoms with Crippen molar-refractivity contribution in [3.8, 4) is 0 Å². The van der Waals surface area contributed by atoms with Gasteiger partial charge in [-0.1, -0.05) is 6.42 Å². The van der Waals surface area contributed by atoms with E-state index in [1.807, 2.05) is 0 Å². The first kappa shape index (κ1) is 9.49. The Morgan fingerprint density at radius 3 is 2.56 bits per heavy atom. The molecule has 1 N–H and O–H groups in total. The largest absolute Gasteiger partial charge is 0.353 e. The third-order valence-corrected chi connectivity index (χ3v) is 5.70. The SMILES string of the molecule is O=C(N[C@@H]1C[C@@H]2C[C@H]1[C@H]1CCC[C@@H]21)C1CC1. The van der Waals surface area contributed by atoms with E-state index in [9.17, 15) is 4.79 Å². The van der Waals surface area contributed by atoms with Gasteiger partial charge in [0.1, 0.15) is 0 Å². The van der Waals surface area contributed by atoms with Crippen LogP contribution in [0.4, 0.5) is 0 Å². The first-order valence-corrected chi connectivity index (χ1v) is 7.13. The van der Waals surface area contributed by atoms with Gasteiger partial charge in [-0.15, -0.1) is 0 Å². The van der Waals surface area contributed by atoms with E-state index in [2.05, 4.69) is 5.32 Å². The molecule has 4 aliphatic rings. The van der Waals surface area contributed by atoms with Gasteiger partial charge < -0.3 is 5.32 Å². The number of carbonyl (C=O) groups is 1. The van der Waals surface area contributed by atoms with E-state index in [0.29, 0.717) is 17.9 Å². The minimum atomic E-state index is 0.368. The van der Waals surface area contributed by atoms with Crippen LogP contribution in [0.5, 0.6) is 0 Å². The molecule has 0 aromatic heterocycles. The second kappa shape index (κ2) is 3.24. The third-order valence-electron chi connectivity index (χ3n) is 5.70. The van der Waals surface area contributed by atoms with Crippen molar-refractivity contribution in [2.75, 3.05) is 0 Å². The quantitative estimate of drug-likeness (QED) is 0.759. The second-order valence-electron chi connectivity index (χ2n) is 6.54. The molecule has 0 saturated heterocycles. The Morgan fingerprint density at radius 1 is 0.938 bits per heavy atom. The summed E-state index contributed by atoms with van der Waals surface area (Å²) >= 11 is 0. The maximum atomic E-state index is 11.8. The number of nitrogens with one attached hydrogen (secondary N) is 1. The van der Waals surface area contributed by atoms with E-state index >= 15 is 0 Å². The summed E-state index contributed by atoms with van der Waals surface area (Å²) in [5, 5.41) is 3.35. The minimum absolute atomic E-state index is 0.368. The topological polar surface area (TPSA) is 29.1 Å². The minimum Gasteiger partial charge on any atom is -0.353 e. The van der Waals surface area contributed by atoms with Crippen LogP contribution in [0.15, 0.2) is 0 Å². The van der Waals surface area contributed by atoms with Crippen molar-refractivity contribution < 1.29 is 4.79 Å². The van der Waals surface area contributed by atoms with Gasteiger partial charge in [0.25, 0.3) is 0 Å². The number of carbonyl (C=O) groups excluding carboxylic acids is 1. The summed E-state index contributed by atoms with van der Waals surface area (Å²) in [6.45, 7) is 0. The van der Waals surface area contributed by atoms with Crippen LogP contribution < -0.4 is 5.32 Å². The molecule has 0 unspecified atom stereocenters. The summed E-state index contributed by atoms with van der Waals surface area (Å²) in [5.74, 6) is 4.58. The summed E-state index contributed by atoms with van der Waals surface area (Å²) in [7, 11) is 0. The summed E-state index contributed by atoms with van der Waals surface area (Å²) in [6, 6.07) is 0.553. The van der Waals surface area contributed by atoms with Gasteiger partial charge in [-0.05, 0) is 62.2 Å². The van der Waals surface area contributed by atoms with Gasteiger partial charge in [0.15, 0.2) is 0 Å². The van der Waals surface area contributed by atoms with Crippen molar-refractivity contribution in [1.82, 2.24) is 5.32 Å². The molecule has 4 aliphatic carbocycles. The van der Waals surface area contributed by atoms with Crippen molar-refractivity contribution in [3.63, 3.8) is 0 Å². The highest BCUT2D eigenvalue weighted by atomic mass is 16.2. The number of rotatable bonds is 2. The fraction of sp³-hybridized carbons (Fsp3) is 0.929. The van der Waals surface area contributed by atoms with Crippen LogP contribution in [0.3, 0.4) is 0 Å². The van der Waals surface area contributed by atoms with Crippen molar-refractivity contribution in [1.29, 1.82) is 0 Å². The molecule has 0 aromatic carbocycles. The number of fused-ring (bicyclic) bond motifs is 5. The number of hydrogen-bond acceptors (Lipinski definition) is 1. The van der Waals surface area contributed by atoms with Gasteiger partial charge in [-0.25, -0.2) is 0 Å². The Bertz CT molecular complexity index is 323. The molecule has 0 heterocycles. The molecule has 0 aliphatic heterocycles. The molecule has 88 valence electrons.